The van der Waals surface area contributed by atoms with Crippen molar-refractivity contribution in [3.8, 4) is 11.8 Å². The molecule has 4 heteroatoms. The lowest BCUT2D eigenvalue weighted by molar-refractivity contribution is 0.0793. The molecule has 0 aliphatic heterocycles. The molecule has 0 aliphatic carbocycles. The Morgan fingerprint density at radius 3 is 2.85 bits per heavy atom. The summed E-state index contributed by atoms with van der Waals surface area (Å²) >= 11 is 0. The maximum Gasteiger partial charge on any atom is 0.254 e. The van der Waals surface area contributed by atoms with E-state index in [9.17, 15) is 9.18 Å². The van der Waals surface area contributed by atoms with E-state index in [2.05, 4.69) is 18.8 Å². The van der Waals surface area contributed by atoms with Gasteiger partial charge in [0, 0.05) is 25.6 Å². The molecule has 0 spiro atoms. The maximum atomic E-state index is 13.3. The summed E-state index contributed by atoms with van der Waals surface area (Å²) in [5, 5.41) is 8.71. The minimum Gasteiger partial charge on any atom is -0.395 e. The number of rotatable bonds is 5. The first kappa shape index (κ1) is 16.2. The highest BCUT2D eigenvalue weighted by Crippen LogP contribution is 2.13. The summed E-state index contributed by atoms with van der Waals surface area (Å²) in [6, 6.07) is 3.98. The number of unbranched alkanes of at least 4 members (excludes halogenated alkanes) is 1. The Morgan fingerprint density at radius 1 is 1.45 bits per heavy atom. The Kier molecular flexibility index (Phi) is 6.75. The van der Waals surface area contributed by atoms with Crippen molar-refractivity contribution in [1.82, 2.24) is 4.90 Å². The number of hydrogen-bond donors (Lipinski definition) is 1. The first-order chi connectivity index (χ1) is 9.60. The van der Waals surface area contributed by atoms with Gasteiger partial charge in [-0.3, -0.25) is 4.79 Å². The van der Waals surface area contributed by atoms with Crippen LogP contribution in [0.2, 0.25) is 0 Å². The average Bonchev–Trinajstić information content (AvgIpc) is 2.44. The van der Waals surface area contributed by atoms with Gasteiger partial charge in [-0.15, -0.1) is 0 Å². The van der Waals surface area contributed by atoms with Gasteiger partial charge in [0.1, 0.15) is 5.82 Å². The molecule has 0 aromatic heterocycles. The fourth-order valence-corrected chi connectivity index (χ4v) is 1.72. The van der Waals surface area contributed by atoms with E-state index in [1.165, 1.54) is 18.2 Å². The van der Waals surface area contributed by atoms with Gasteiger partial charge < -0.3 is 10.0 Å². The second-order valence-corrected chi connectivity index (χ2v) is 4.55. The van der Waals surface area contributed by atoms with E-state index in [1.54, 1.807) is 11.9 Å². The van der Waals surface area contributed by atoms with Crippen molar-refractivity contribution in [3.05, 3.63) is 35.1 Å². The lowest BCUT2D eigenvalue weighted by atomic mass is 10.1. The third-order valence-corrected chi connectivity index (χ3v) is 2.87. The molecule has 3 nitrogen and oxygen atoms in total. The normalized spacial score (nSPS) is 9.80. The second kappa shape index (κ2) is 8.34. The van der Waals surface area contributed by atoms with Gasteiger partial charge in [-0.1, -0.05) is 25.2 Å². The van der Waals surface area contributed by atoms with Crippen LogP contribution in [0.4, 0.5) is 4.39 Å². The Hall–Kier alpha value is -1.86. The molecule has 1 rings (SSSR count). The van der Waals surface area contributed by atoms with E-state index in [0.717, 1.165) is 12.8 Å². The summed E-state index contributed by atoms with van der Waals surface area (Å²) in [5.74, 6) is 4.88. The zero-order chi connectivity index (χ0) is 15.0. The van der Waals surface area contributed by atoms with E-state index in [1.807, 2.05) is 0 Å². The molecule has 0 heterocycles. The van der Waals surface area contributed by atoms with E-state index in [4.69, 9.17) is 5.11 Å². The molecule has 1 amide bonds. The number of amides is 1. The molecule has 0 aliphatic rings. The van der Waals surface area contributed by atoms with E-state index in [0.29, 0.717) is 24.1 Å². The Bertz CT molecular complexity index is 517. The predicted octanol–water partition coefficient (Wildman–Crippen LogP) is 2.43. The van der Waals surface area contributed by atoms with Gasteiger partial charge in [-0.05, 0) is 24.6 Å². The van der Waals surface area contributed by atoms with Crippen LogP contribution in [0.1, 0.15) is 42.1 Å². The fraction of sp³-hybridized carbons (Fsp3) is 0.438. The highest BCUT2D eigenvalue weighted by Gasteiger charge is 2.15. The molecule has 0 bridgehead atoms. The lowest BCUT2D eigenvalue weighted by Gasteiger charge is -2.17. The van der Waals surface area contributed by atoms with Crippen LogP contribution in [0.15, 0.2) is 18.2 Å². The van der Waals surface area contributed by atoms with Gasteiger partial charge in [-0.25, -0.2) is 4.39 Å². The summed E-state index contributed by atoms with van der Waals surface area (Å²) in [7, 11) is 1.73. The second-order valence-electron chi connectivity index (χ2n) is 4.55. The molecular formula is C16H20FNO2. The average molecular weight is 277 g/mol. The van der Waals surface area contributed by atoms with Crippen molar-refractivity contribution in [1.29, 1.82) is 0 Å². The molecule has 0 unspecified atom stereocenters. The summed E-state index contributed by atoms with van der Waals surface area (Å²) in [5.41, 5.74) is 0.766. The Morgan fingerprint density at radius 2 is 2.20 bits per heavy atom. The summed E-state index contributed by atoms with van der Waals surface area (Å²) in [4.78, 5) is 13.9. The van der Waals surface area contributed by atoms with Crippen LogP contribution in [0, 0.1) is 17.7 Å². The van der Waals surface area contributed by atoms with Crippen molar-refractivity contribution >= 4 is 5.91 Å². The molecule has 0 saturated carbocycles. The number of aliphatic hydroxyl groups is 1. The summed E-state index contributed by atoms with van der Waals surface area (Å²) in [6.07, 6.45) is 2.23. The number of benzene rings is 1. The molecule has 108 valence electrons. The number of aliphatic hydroxyl groups excluding tert-OH is 1. The van der Waals surface area contributed by atoms with Crippen molar-refractivity contribution in [2.75, 3.05) is 20.2 Å². The van der Waals surface area contributed by atoms with Gasteiger partial charge in [0.2, 0.25) is 0 Å². The van der Waals surface area contributed by atoms with Crippen LogP contribution in [0.3, 0.4) is 0 Å². The van der Waals surface area contributed by atoms with E-state index < -0.39 is 5.82 Å². The smallest absolute Gasteiger partial charge is 0.254 e. The van der Waals surface area contributed by atoms with Gasteiger partial charge in [0.05, 0.1) is 12.2 Å². The van der Waals surface area contributed by atoms with Crippen molar-refractivity contribution in [2.24, 2.45) is 0 Å². The minimum absolute atomic E-state index is 0.0536. The topological polar surface area (TPSA) is 40.5 Å². The Balaban J connectivity index is 2.99. The number of carbonyl (C=O) groups excluding carboxylic acids is 1. The number of nitrogens with zero attached hydrogens (tertiary/aromatic N) is 1. The summed E-state index contributed by atoms with van der Waals surface area (Å²) in [6.45, 7) is 2.67. The van der Waals surface area contributed by atoms with Crippen LogP contribution >= 0.6 is 0 Å². The Labute approximate surface area is 119 Å². The van der Waals surface area contributed by atoms with Crippen molar-refractivity contribution in [3.63, 3.8) is 0 Å². The molecule has 0 radical (unpaired) electrons. The van der Waals surface area contributed by atoms with Gasteiger partial charge in [-0.2, -0.15) is 0 Å². The monoisotopic (exact) mass is 277 g/mol. The zero-order valence-electron chi connectivity index (χ0n) is 11.9. The summed E-state index contributed by atoms with van der Waals surface area (Å²) < 4.78 is 13.3. The van der Waals surface area contributed by atoms with E-state index in [-0.39, 0.29) is 12.5 Å². The van der Waals surface area contributed by atoms with Crippen LogP contribution in [0.5, 0.6) is 0 Å². The quantitative estimate of drug-likeness (QED) is 0.840. The number of hydrogen-bond acceptors (Lipinski definition) is 2. The van der Waals surface area contributed by atoms with Crippen LogP contribution < -0.4 is 0 Å². The third kappa shape index (κ3) is 4.67. The van der Waals surface area contributed by atoms with Crippen LogP contribution in [-0.2, 0) is 0 Å². The largest absolute Gasteiger partial charge is 0.395 e. The first-order valence-corrected chi connectivity index (χ1v) is 6.75. The molecule has 0 saturated heterocycles. The van der Waals surface area contributed by atoms with Crippen molar-refractivity contribution < 1.29 is 14.3 Å². The molecule has 0 fully saturated rings. The van der Waals surface area contributed by atoms with Gasteiger partial charge >= 0.3 is 0 Å². The standard InChI is InChI=1S/C16H20FNO2/c1-3-4-10-18(2)16(20)15-9-8-14(17)12-13(15)7-5-6-11-19/h8-9,12,19H,3-4,6,10-11H2,1-2H3. The first-order valence-electron chi connectivity index (χ1n) is 6.75. The van der Waals surface area contributed by atoms with E-state index >= 15 is 0 Å². The molecular weight excluding hydrogens is 257 g/mol. The molecule has 20 heavy (non-hydrogen) atoms. The number of halogens is 1. The van der Waals surface area contributed by atoms with Gasteiger partial charge in [0.25, 0.3) is 5.91 Å². The fourth-order valence-electron chi connectivity index (χ4n) is 1.72. The molecule has 1 aromatic carbocycles. The molecule has 1 aromatic rings. The highest BCUT2D eigenvalue weighted by molar-refractivity contribution is 5.96. The van der Waals surface area contributed by atoms with Gasteiger partial charge in [0.15, 0.2) is 0 Å². The third-order valence-electron chi connectivity index (χ3n) is 2.87. The minimum atomic E-state index is -0.425. The molecule has 0 atom stereocenters. The maximum absolute atomic E-state index is 13.3. The SMILES string of the molecule is CCCCN(C)C(=O)c1ccc(F)cc1C#CCCO. The van der Waals surface area contributed by atoms with Crippen LogP contribution in [-0.4, -0.2) is 36.1 Å². The van der Waals surface area contributed by atoms with Crippen LogP contribution in [0.25, 0.3) is 0 Å². The van der Waals surface area contributed by atoms with Crippen molar-refractivity contribution in [2.45, 2.75) is 26.2 Å². The molecule has 1 N–H and O–H groups in total. The number of carbonyl (C=O) groups is 1. The predicted molar refractivity (Wildman–Crippen MR) is 76.8 cm³/mol. The lowest BCUT2D eigenvalue weighted by Crippen LogP contribution is -2.28. The highest BCUT2D eigenvalue weighted by atomic mass is 19.1. The zero-order valence-corrected chi connectivity index (χ0v) is 11.9.